The molecule has 2 aliphatic heterocycles. The lowest BCUT2D eigenvalue weighted by atomic mass is 9.98. The van der Waals surface area contributed by atoms with Crippen LogP contribution in [0.25, 0.3) is 0 Å². The van der Waals surface area contributed by atoms with Crippen LogP contribution in [0.2, 0.25) is 5.02 Å². The number of likely N-dealkylation sites (tertiary alicyclic amines) is 1. The lowest BCUT2D eigenvalue weighted by Gasteiger charge is -2.35. The molecule has 0 aliphatic carbocycles. The summed E-state index contributed by atoms with van der Waals surface area (Å²) in [6.07, 6.45) is 3.66. The zero-order valence-corrected chi connectivity index (χ0v) is 13.0. The zero-order chi connectivity index (χ0) is 14.1. The van der Waals surface area contributed by atoms with Gasteiger partial charge in [-0.2, -0.15) is 0 Å². The average molecular weight is 295 g/mol. The van der Waals surface area contributed by atoms with E-state index in [2.05, 4.69) is 24.2 Å². The molecule has 1 aromatic rings. The van der Waals surface area contributed by atoms with Crippen molar-refractivity contribution in [3.63, 3.8) is 0 Å². The Hall–Kier alpha value is -0.770. The fourth-order valence-corrected chi connectivity index (χ4v) is 3.37. The molecule has 0 bridgehead atoms. The van der Waals surface area contributed by atoms with Crippen LogP contribution in [0.4, 0.5) is 0 Å². The van der Waals surface area contributed by atoms with Crippen LogP contribution >= 0.6 is 11.6 Å². The van der Waals surface area contributed by atoms with E-state index in [9.17, 15) is 0 Å². The van der Waals surface area contributed by atoms with Gasteiger partial charge in [-0.1, -0.05) is 11.6 Å². The third-order valence-corrected chi connectivity index (χ3v) is 4.84. The molecule has 1 N–H and O–H groups in total. The van der Waals surface area contributed by atoms with Crippen molar-refractivity contribution in [1.29, 1.82) is 0 Å². The lowest BCUT2D eigenvalue weighted by Crippen LogP contribution is -2.47. The van der Waals surface area contributed by atoms with Crippen LogP contribution in [0.3, 0.4) is 0 Å². The van der Waals surface area contributed by atoms with Gasteiger partial charge >= 0.3 is 0 Å². The van der Waals surface area contributed by atoms with Crippen LogP contribution in [0, 0.1) is 0 Å². The smallest absolute Gasteiger partial charge is 0.123 e. The van der Waals surface area contributed by atoms with E-state index in [1.54, 1.807) is 0 Å². The largest absolute Gasteiger partial charge is 0.488 e. The molecule has 1 aromatic carbocycles. The van der Waals surface area contributed by atoms with Gasteiger partial charge < -0.3 is 15.0 Å². The minimum atomic E-state index is 0.249. The van der Waals surface area contributed by atoms with Gasteiger partial charge in [0.05, 0.1) is 0 Å². The highest BCUT2D eigenvalue weighted by Crippen LogP contribution is 2.31. The number of fused-ring (bicyclic) bond motifs is 1. The number of nitrogens with one attached hydrogen (secondary N) is 1. The normalized spacial score (nSPS) is 30.1. The van der Waals surface area contributed by atoms with Crippen molar-refractivity contribution < 1.29 is 4.74 Å². The second-order valence-corrected chi connectivity index (χ2v) is 6.59. The minimum absolute atomic E-state index is 0.249. The molecule has 4 heteroatoms. The van der Waals surface area contributed by atoms with Crippen molar-refractivity contribution in [2.45, 2.75) is 44.4 Å². The molecule has 0 spiro atoms. The van der Waals surface area contributed by atoms with Crippen molar-refractivity contribution in [2.24, 2.45) is 0 Å². The molecule has 0 aromatic heterocycles. The third-order valence-electron chi connectivity index (χ3n) is 4.61. The maximum atomic E-state index is 6.02. The topological polar surface area (TPSA) is 24.5 Å². The highest BCUT2D eigenvalue weighted by molar-refractivity contribution is 6.30. The summed E-state index contributed by atoms with van der Waals surface area (Å²) in [6, 6.07) is 7.19. The minimum Gasteiger partial charge on any atom is -0.488 e. The number of hydrogen-bond donors (Lipinski definition) is 1. The monoisotopic (exact) mass is 294 g/mol. The number of nitrogens with zero attached hydrogens (tertiary/aromatic N) is 1. The molecular weight excluding hydrogens is 272 g/mol. The van der Waals surface area contributed by atoms with Crippen LogP contribution < -0.4 is 10.1 Å². The van der Waals surface area contributed by atoms with Gasteiger partial charge in [0.15, 0.2) is 0 Å². The summed E-state index contributed by atoms with van der Waals surface area (Å²) < 4.78 is 5.97. The van der Waals surface area contributed by atoms with Crippen LogP contribution in [-0.2, 0) is 6.42 Å². The molecule has 3 rings (SSSR count). The molecule has 110 valence electrons. The second-order valence-electron chi connectivity index (χ2n) is 6.16. The van der Waals surface area contributed by atoms with Gasteiger partial charge in [-0.15, -0.1) is 0 Å². The Morgan fingerprint density at radius 1 is 1.45 bits per heavy atom. The lowest BCUT2D eigenvalue weighted by molar-refractivity contribution is 0.155. The zero-order valence-electron chi connectivity index (χ0n) is 12.2. The predicted molar refractivity (Wildman–Crippen MR) is 82.7 cm³/mol. The van der Waals surface area contributed by atoms with Crippen LogP contribution in [0.1, 0.15) is 25.3 Å². The quantitative estimate of drug-likeness (QED) is 0.928. The van der Waals surface area contributed by atoms with Gasteiger partial charge in [0, 0.05) is 30.1 Å². The van der Waals surface area contributed by atoms with Crippen molar-refractivity contribution in [3.05, 3.63) is 28.8 Å². The molecule has 0 saturated carbocycles. The Bertz CT molecular complexity index is 480. The van der Waals surface area contributed by atoms with Crippen molar-refractivity contribution in [1.82, 2.24) is 10.2 Å². The highest BCUT2D eigenvalue weighted by Gasteiger charge is 2.26. The summed E-state index contributed by atoms with van der Waals surface area (Å²) in [5, 5.41) is 4.48. The van der Waals surface area contributed by atoms with E-state index in [4.69, 9.17) is 16.3 Å². The fraction of sp³-hybridized carbons (Fsp3) is 0.625. The third kappa shape index (κ3) is 3.11. The van der Waals surface area contributed by atoms with Crippen molar-refractivity contribution in [2.75, 3.05) is 20.1 Å². The molecule has 3 nitrogen and oxygen atoms in total. The van der Waals surface area contributed by atoms with E-state index in [-0.39, 0.29) is 6.10 Å². The number of benzene rings is 1. The van der Waals surface area contributed by atoms with E-state index in [1.807, 2.05) is 18.2 Å². The summed E-state index contributed by atoms with van der Waals surface area (Å²) in [5.74, 6) is 0.998. The maximum absolute atomic E-state index is 6.02. The van der Waals surface area contributed by atoms with E-state index >= 15 is 0 Å². The Morgan fingerprint density at radius 3 is 3.10 bits per heavy atom. The molecule has 2 aliphatic rings. The van der Waals surface area contributed by atoms with Crippen LogP contribution in [0.15, 0.2) is 18.2 Å². The first-order valence-electron chi connectivity index (χ1n) is 7.50. The Balaban J connectivity index is 1.49. The number of ether oxygens (including phenoxy) is 1. The van der Waals surface area contributed by atoms with E-state index in [1.165, 1.54) is 24.9 Å². The van der Waals surface area contributed by atoms with Gasteiger partial charge in [0.1, 0.15) is 11.9 Å². The molecule has 3 unspecified atom stereocenters. The Labute approximate surface area is 126 Å². The standard InChI is InChI=1S/C16H23ClN2O/c1-11-7-14(5-6-19(11)2)18-10-15-9-12-8-13(17)3-4-16(12)20-15/h3-4,8,11,14-15,18H,5-7,9-10H2,1-2H3. The number of hydrogen-bond acceptors (Lipinski definition) is 3. The molecule has 1 fully saturated rings. The van der Waals surface area contributed by atoms with Gasteiger partial charge in [0.2, 0.25) is 0 Å². The molecule has 20 heavy (non-hydrogen) atoms. The Kier molecular flexibility index (Phi) is 4.20. The molecule has 0 radical (unpaired) electrons. The summed E-state index contributed by atoms with van der Waals surface area (Å²) in [5.41, 5.74) is 1.24. The fourth-order valence-electron chi connectivity index (χ4n) is 3.18. The van der Waals surface area contributed by atoms with Crippen molar-refractivity contribution in [3.8, 4) is 5.75 Å². The van der Waals surface area contributed by atoms with E-state index < -0.39 is 0 Å². The number of piperidine rings is 1. The number of halogens is 1. The van der Waals surface area contributed by atoms with Gasteiger partial charge in [-0.25, -0.2) is 0 Å². The van der Waals surface area contributed by atoms with Gasteiger partial charge in [-0.3, -0.25) is 0 Å². The molecule has 1 saturated heterocycles. The van der Waals surface area contributed by atoms with E-state index in [0.29, 0.717) is 12.1 Å². The van der Waals surface area contributed by atoms with Crippen LogP contribution in [0.5, 0.6) is 5.75 Å². The van der Waals surface area contributed by atoms with Gasteiger partial charge in [-0.05, 0) is 57.1 Å². The summed E-state index contributed by atoms with van der Waals surface area (Å²) >= 11 is 6.02. The second kappa shape index (κ2) is 5.92. The molecule has 2 heterocycles. The molecular formula is C16H23ClN2O. The molecule has 0 amide bonds. The maximum Gasteiger partial charge on any atom is 0.123 e. The summed E-state index contributed by atoms with van der Waals surface area (Å²) in [6.45, 7) is 4.41. The Morgan fingerprint density at radius 2 is 2.30 bits per heavy atom. The first-order valence-corrected chi connectivity index (χ1v) is 7.88. The first-order chi connectivity index (χ1) is 9.61. The highest BCUT2D eigenvalue weighted by atomic mass is 35.5. The first kappa shape index (κ1) is 14.2. The number of rotatable bonds is 3. The molecule has 3 atom stereocenters. The van der Waals surface area contributed by atoms with Crippen LogP contribution in [-0.4, -0.2) is 43.2 Å². The average Bonchev–Trinajstić information content (AvgIpc) is 2.82. The summed E-state index contributed by atoms with van der Waals surface area (Å²) in [7, 11) is 2.21. The predicted octanol–water partition coefficient (Wildman–Crippen LogP) is 2.72. The summed E-state index contributed by atoms with van der Waals surface area (Å²) in [4.78, 5) is 2.43. The SMILES string of the molecule is CC1CC(NCC2Cc3cc(Cl)ccc3O2)CCN1C. The van der Waals surface area contributed by atoms with Gasteiger partial charge in [0.25, 0.3) is 0 Å². The van der Waals surface area contributed by atoms with Crippen molar-refractivity contribution >= 4 is 11.6 Å². The van der Waals surface area contributed by atoms with E-state index in [0.717, 1.165) is 23.7 Å².